The molecule has 5 rings (SSSR count). The van der Waals surface area contributed by atoms with E-state index < -0.39 is 6.17 Å². The third-order valence-electron chi connectivity index (χ3n) is 6.13. The summed E-state index contributed by atoms with van der Waals surface area (Å²) in [7, 11) is 1.81. The van der Waals surface area contributed by atoms with Crippen molar-refractivity contribution in [3.05, 3.63) is 64.5 Å². The van der Waals surface area contributed by atoms with Gasteiger partial charge in [0, 0.05) is 51.9 Å². The number of rotatable bonds is 7. The first-order chi connectivity index (χ1) is 17.0. The van der Waals surface area contributed by atoms with Gasteiger partial charge in [-0.1, -0.05) is 12.1 Å². The van der Waals surface area contributed by atoms with Crippen molar-refractivity contribution in [2.24, 2.45) is 5.73 Å². The number of morpholine rings is 1. The second-order valence-corrected chi connectivity index (χ2v) is 9.56. The maximum Gasteiger partial charge on any atom is 0.158 e. The normalized spacial score (nSPS) is 14.9. The lowest BCUT2D eigenvalue weighted by Gasteiger charge is -2.28. The van der Waals surface area contributed by atoms with Crippen molar-refractivity contribution in [3.8, 4) is 10.4 Å². The highest BCUT2D eigenvalue weighted by Gasteiger charge is 2.18. The Bertz CT molecular complexity index is 1340. The molecule has 4 aromatic rings. The van der Waals surface area contributed by atoms with Gasteiger partial charge in [0.25, 0.3) is 0 Å². The fourth-order valence-electron chi connectivity index (χ4n) is 4.26. The molecule has 1 aliphatic heterocycles. The Balaban J connectivity index is 1.43. The zero-order valence-electron chi connectivity index (χ0n) is 19.7. The van der Waals surface area contributed by atoms with E-state index in [0.29, 0.717) is 31.1 Å². The van der Waals surface area contributed by atoms with E-state index in [4.69, 9.17) is 10.5 Å². The Hall–Kier alpha value is -3.18. The quantitative estimate of drug-likeness (QED) is 0.334. The Morgan fingerprint density at radius 3 is 2.80 bits per heavy atom. The molecule has 1 aliphatic rings. The number of fused-ring (bicyclic) bond motifs is 1. The average Bonchev–Trinajstić information content (AvgIpc) is 3.38. The van der Waals surface area contributed by atoms with E-state index in [0.717, 1.165) is 50.7 Å². The van der Waals surface area contributed by atoms with Crippen LogP contribution < -0.4 is 21.3 Å². The van der Waals surface area contributed by atoms with Crippen molar-refractivity contribution in [1.29, 1.82) is 0 Å². The van der Waals surface area contributed by atoms with E-state index in [1.165, 1.54) is 17.4 Å². The number of aromatic nitrogens is 3. The van der Waals surface area contributed by atoms with E-state index in [2.05, 4.69) is 30.7 Å². The average molecular weight is 494 g/mol. The molecule has 3 aromatic heterocycles. The highest BCUT2D eigenvalue weighted by Crippen LogP contribution is 2.35. The maximum absolute atomic E-state index is 14.4. The molecular formula is C25H28FN7OS. The molecule has 1 aromatic carbocycles. The van der Waals surface area contributed by atoms with Gasteiger partial charge in [-0.05, 0) is 43.8 Å². The van der Waals surface area contributed by atoms with Gasteiger partial charge in [-0.25, -0.2) is 9.37 Å². The molecule has 10 heteroatoms. The van der Waals surface area contributed by atoms with Gasteiger partial charge >= 0.3 is 0 Å². The Labute approximate surface area is 207 Å². The zero-order chi connectivity index (χ0) is 24.4. The number of pyridine rings is 1. The van der Waals surface area contributed by atoms with Crippen LogP contribution in [0.25, 0.3) is 21.2 Å². The van der Waals surface area contributed by atoms with Crippen LogP contribution in [0.1, 0.15) is 22.3 Å². The summed E-state index contributed by atoms with van der Waals surface area (Å²) in [4.78, 5) is 8.72. The highest BCUT2D eigenvalue weighted by atomic mass is 32.1. The molecule has 0 saturated carbocycles. The van der Waals surface area contributed by atoms with Crippen molar-refractivity contribution in [2.45, 2.75) is 19.6 Å². The smallest absolute Gasteiger partial charge is 0.158 e. The molecule has 0 radical (unpaired) electrons. The summed E-state index contributed by atoms with van der Waals surface area (Å²) in [5, 5.41) is 16.9. The number of ether oxygens (including phenoxy) is 1. The first-order valence-corrected chi connectivity index (χ1v) is 12.4. The minimum Gasteiger partial charge on any atom is -0.378 e. The van der Waals surface area contributed by atoms with Gasteiger partial charge in [0.05, 0.1) is 18.9 Å². The standard InChI is InChI=1S/C25H28FN7OS/c1-15-18-14-29-23(33-8-10-34-11-9-33)12-17(18)25(32-31-15)30-24(27)22-7-6-21(35-22)16-4-3-5-20(26)19(16)13-28-2/h3-7,12,14,24,28H,8-11,13,27H2,1-2H3,(H,30,32)/t24-/m0/s1. The van der Waals surface area contributed by atoms with Crippen LogP contribution in [0, 0.1) is 12.7 Å². The number of benzene rings is 1. The fourth-order valence-corrected chi connectivity index (χ4v) is 5.28. The molecule has 4 heterocycles. The van der Waals surface area contributed by atoms with Crippen LogP contribution >= 0.6 is 11.3 Å². The van der Waals surface area contributed by atoms with E-state index in [1.807, 2.05) is 44.4 Å². The first-order valence-electron chi connectivity index (χ1n) is 11.5. The minimum absolute atomic E-state index is 0.222. The molecule has 8 nitrogen and oxygen atoms in total. The Morgan fingerprint density at radius 2 is 2.00 bits per heavy atom. The summed E-state index contributed by atoms with van der Waals surface area (Å²) in [6.07, 6.45) is 1.34. The van der Waals surface area contributed by atoms with E-state index in [1.54, 1.807) is 6.07 Å². The number of thiophene rings is 1. The summed E-state index contributed by atoms with van der Waals surface area (Å²) in [5.41, 5.74) is 8.87. The lowest BCUT2D eigenvalue weighted by molar-refractivity contribution is 0.122. The topological polar surface area (TPSA) is 101 Å². The minimum atomic E-state index is -0.504. The number of halogens is 1. The van der Waals surface area contributed by atoms with Crippen molar-refractivity contribution >= 4 is 33.7 Å². The number of nitrogens with one attached hydrogen (secondary N) is 2. The van der Waals surface area contributed by atoms with Gasteiger partial charge in [0.15, 0.2) is 5.82 Å². The SMILES string of the molecule is CNCc1c(F)cccc1-c1ccc([C@@H](N)Nc2nnc(C)c3cnc(N4CCOCC4)cc23)s1. The number of aryl methyl sites for hydroxylation is 1. The van der Waals surface area contributed by atoms with Gasteiger partial charge in [-0.2, -0.15) is 5.10 Å². The van der Waals surface area contributed by atoms with Crippen LogP contribution in [0.2, 0.25) is 0 Å². The summed E-state index contributed by atoms with van der Waals surface area (Å²) in [6.45, 7) is 5.33. The van der Waals surface area contributed by atoms with Gasteiger partial charge < -0.3 is 26.0 Å². The van der Waals surface area contributed by atoms with Gasteiger partial charge in [-0.15, -0.1) is 16.4 Å². The second kappa shape index (κ2) is 10.2. The molecule has 1 atom stereocenters. The van der Waals surface area contributed by atoms with Crippen LogP contribution in [0.5, 0.6) is 0 Å². The fraction of sp³-hybridized carbons (Fsp3) is 0.320. The van der Waals surface area contributed by atoms with Crippen molar-refractivity contribution in [1.82, 2.24) is 20.5 Å². The lowest BCUT2D eigenvalue weighted by Crippen LogP contribution is -2.36. The third kappa shape index (κ3) is 4.83. The summed E-state index contributed by atoms with van der Waals surface area (Å²) in [5.74, 6) is 1.26. The van der Waals surface area contributed by atoms with Crippen LogP contribution in [0.3, 0.4) is 0 Å². The largest absolute Gasteiger partial charge is 0.378 e. The van der Waals surface area contributed by atoms with Crippen LogP contribution in [-0.4, -0.2) is 48.5 Å². The van der Waals surface area contributed by atoms with Gasteiger partial charge in [0.1, 0.15) is 17.8 Å². The van der Waals surface area contributed by atoms with Crippen molar-refractivity contribution in [3.63, 3.8) is 0 Å². The van der Waals surface area contributed by atoms with Crippen LogP contribution in [0.15, 0.2) is 42.6 Å². The second-order valence-electron chi connectivity index (χ2n) is 8.44. The predicted octanol–water partition coefficient (Wildman–Crippen LogP) is 3.83. The number of anilines is 2. The molecule has 1 fully saturated rings. The van der Waals surface area contributed by atoms with Gasteiger partial charge in [-0.3, -0.25) is 0 Å². The van der Waals surface area contributed by atoms with E-state index >= 15 is 0 Å². The van der Waals surface area contributed by atoms with Gasteiger partial charge in [0.2, 0.25) is 0 Å². The number of hydrogen-bond acceptors (Lipinski definition) is 9. The lowest BCUT2D eigenvalue weighted by atomic mass is 10.1. The summed E-state index contributed by atoms with van der Waals surface area (Å²) < 4.78 is 19.9. The molecule has 0 aliphatic carbocycles. The van der Waals surface area contributed by atoms with Crippen molar-refractivity contribution in [2.75, 3.05) is 43.6 Å². The van der Waals surface area contributed by atoms with E-state index in [-0.39, 0.29) is 5.82 Å². The Morgan fingerprint density at radius 1 is 1.17 bits per heavy atom. The number of nitrogens with zero attached hydrogens (tertiary/aromatic N) is 4. The van der Waals surface area contributed by atoms with Crippen LogP contribution in [-0.2, 0) is 11.3 Å². The molecule has 0 amide bonds. The molecule has 0 spiro atoms. The molecule has 4 N–H and O–H groups in total. The number of hydrogen-bond donors (Lipinski definition) is 3. The Kier molecular flexibility index (Phi) is 6.87. The monoisotopic (exact) mass is 493 g/mol. The molecular weight excluding hydrogens is 465 g/mol. The molecule has 0 unspecified atom stereocenters. The highest BCUT2D eigenvalue weighted by molar-refractivity contribution is 7.15. The molecule has 182 valence electrons. The van der Waals surface area contributed by atoms with Crippen molar-refractivity contribution < 1.29 is 9.13 Å². The van der Waals surface area contributed by atoms with E-state index in [9.17, 15) is 4.39 Å². The molecule has 0 bridgehead atoms. The predicted molar refractivity (Wildman–Crippen MR) is 138 cm³/mol. The number of nitrogens with two attached hydrogens (primary N) is 1. The summed E-state index contributed by atoms with van der Waals surface area (Å²) >= 11 is 1.53. The molecule has 35 heavy (non-hydrogen) atoms. The zero-order valence-corrected chi connectivity index (χ0v) is 20.5. The molecule has 1 saturated heterocycles. The maximum atomic E-state index is 14.4. The summed E-state index contributed by atoms with van der Waals surface area (Å²) in [6, 6.07) is 11.1. The first kappa shape index (κ1) is 23.6. The van der Waals surface area contributed by atoms with Crippen LogP contribution in [0.4, 0.5) is 16.0 Å². The third-order valence-corrected chi connectivity index (χ3v) is 7.33.